The summed E-state index contributed by atoms with van der Waals surface area (Å²) in [6, 6.07) is 7.61. The van der Waals surface area contributed by atoms with E-state index in [1.807, 2.05) is 56.7 Å². The van der Waals surface area contributed by atoms with Crippen LogP contribution >= 0.6 is 11.8 Å². The lowest BCUT2D eigenvalue weighted by molar-refractivity contribution is -0.166. The van der Waals surface area contributed by atoms with Crippen LogP contribution in [0.25, 0.3) is 0 Å². The lowest BCUT2D eigenvalue weighted by Gasteiger charge is -2.57. The number of aromatic nitrogens is 3. The van der Waals surface area contributed by atoms with Crippen LogP contribution in [0.5, 0.6) is 0 Å². The highest BCUT2D eigenvalue weighted by molar-refractivity contribution is 7.99. The number of amides is 1. The predicted molar refractivity (Wildman–Crippen MR) is 101 cm³/mol. The van der Waals surface area contributed by atoms with Gasteiger partial charge in [0.25, 0.3) is 0 Å². The maximum atomic E-state index is 12.7. The molecule has 1 aromatic heterocycles. The number of rotatable bonds is 6. The van der Waals surface area contributed by atoms with Gasteiger partial charge in [-0.15, -0.1) is 10.2 Å². The van der Waals surface area contributed by atoms with Gasteiger partial charge in [0.1, 0.15) is 11.9 Å². The fourth-order valence-electron chi connectivity index (χ4n) is 3.14. The molecule has 1 aliphatic rings. The monoisotopic (exact) mass is 375 g/mol. The minimum atomic E-state index is -0.932. The second kappa shape index (κ2) is 7.02. The minimum Gasteiger partial charge on any atom is -0.378 e. The van der Waals surface area contributed by atoms with Crippen molar-refractivity contribution in [2.45, 2.75) is 48.9 Å². The van der Waals surface area contributed by atoms with E-state index in [9.17, 15) is 4.79 Å². The standard InChI is InChI=1S/C18H25N5O2S/c1-5-25-14-10-18(19,17(14,2)3)15(24)21-12-6-8-13(9-7-12)26-16-22-20-11-23(16)4/h6-9,11,14H,5,10,19H2,1-4H3,(H,21,24). The fourth-order valence-corrected chi connectivity index (χ4v) is 3.90. The van der Waals surface area contributed by atoms with Crippen LogP contribution in [-0.2, 0) is 16.6 Å². The molecule has 140 valence electrons. The molecule has 1 fully saturated rings. The number of aryl methyl sites for hydroxylation is 1. The van der Waals surface area contributed by atoms with Gasteiger partial charge in [0.15, 0.2) is 5.16 Å². The molecule has 1 amide bonds. The summed E-state index contributed by atoms with van der Waals surface area (Å²) in [5.74, 6) is -0.174. The van der Waals surface area contributed by atoms with E-state index >= 15 is 0 Å². The molecule has 1 heterocycles. The molecule has 0 spiro atoms. The van der Waals surface area contributed by atoms with Crippen LogP contribution < -0.4 is 11.1 Å². The van der Waals surface area contributed by atoms with Crippen molar-refractivity contribution in [3.63, 3.8) is 0 Å². The molecular formula is C18H25N5O2S. The SMILES string of the molecule is CCOC1CC(N)(C(=O)Nc2ccc(Sc3nncn3C)cc2)C1(C)C. The Bertz CT molecular complexity index is 789. The number of hydrogen-bond donors (Lipinski definition) is 2. The normalized spacial score (nSPS) is 24.1. The number of carbonyl (C=O) groups is 1. The molecule has 2 unspecified atom stereocenters. The summed E-state index contributed by atoms with van der Waals surface area (Å²) in [4.78, 5) is 13.8. The van der Waals surface area contributed by atoms with Gasteiger partial charge in [-0.1, -0.05) is 13.8 Å². The second-order valence-corrected chi connectivity index (χ2v) is 8.19. The highest BCUT2D eigenvalue weighted by atomic mass is 32.2. The van der Waals surface area contributed by atoms with Gasteiger partial charge in [0.2, 0.25) is 5.91 Å². The zero-order valence-corrected chi connectivity index (χ0v) is 16.3. The van der Waals surface area contributed by atoms with Gasteiger partial charge < -0.3 is 20.4 Å². The zero-order chi connectivity index (χ0) is 18.9. The number of nitrogens with one attached hydrogen (secondary N) is 1. The summed E-state index contributed by atoms with van der Waals surface area (Å²) in [7, 11) is 1.90. The zero-order valence-electron chi connectivity index (χ0n) is 15.5. The Morgan fingerprint density at radius 3 is 2.65 bits per heavy atom. The molecule has 8 heteroatoms. The molecule has 3 N–H and O–H groups in total. The molecule has 1 aliphatic carbocycles. The first-order valence-electron chi connectivity index (χ1n) is 8.62. The number of carbonyl (C=O) groups excluding carboxylic acids is 1. The molecule has 2 atom stereocenters. The smallest absolute Gasteiger partial charge is 0.245 e. The van der Waals surface area contributed by atoms with Crippen molar-refractivity contribution in [2.75, 3.05) is 11.9 Å². The van der Waals surface area contributed by atoms with E-state index in [1.54, 1.807) is 6.33 Å². The van der Waals surface area contributed by atoms with Crippen LogP contribution in [0.4, 0.5) is 5.69 Å². The number of nitrogens with two attached hydrogens (primary N) is 1. The Labute approximate surface area is 157 Å². The van der Waals surface area contributed by atoms with Gasteiger partial charge in [-0.05, 0) is 43.0 Å². The number of ether oxygens (including phenoxy) is 1. The maximum Gasteiger partial charge on any atom is 0.245 e. The lowest BCUT2D eigenvalue weighted by Crippen LogP contribution is -2.74. The summed E-state index contributed by atoms with van der Waals surface area (Å²) in [6.45, 7) is 6.54. The van der Waals surface area contributed by atoms with Crippen molar-refractivity contribution in [3.05, 3.63) is 30.6 Å². The Morgan fingerprint density at radius 2 is 2.12 bits per heavy atom. The molecule has 0 radical (unpaired) electrons. The van der Waals surface area contributed by atoms with Crippen LogP contribution in [0.1, 0.15) is 27.2 Å². The van der Waals surface area contributed by atoms with Crippen molar-refractivity contribution >= 4 is 23.4 Å². The number of benzene rings is 1. The van der Waals surface area contributed by atoms with Gasteiger partial charge in [0, 0.05) is 36.1 Å². The first-order valence-corrected chi connectivity index (χ1v) is 9.43. The van der Waals surface area contributed by atoms with Gasteiger partial charge in [-0.2, -0.15) is 0 Å². The third-order valence-electron chi connectivity index (χ3n) is 5.23. The highest BCUT2D eigenvalue weighted by Gasteiger charge is 2.62. The number of nitrogens with zero attached hydrogens (tertiary/aromatic N) is 3. The Kier molecular flexibility index (Phi) is 5.09. The summed E-state index contributed by atoms with van der Waals surface area (Å²) in [6.07, 6.45) is 2.20. The molecule has 7 nitrogen and oxygen atoms in total. The van der Waals surface area contributed by atoms with Crippen molar-refractivity contribution < 1.29 is 9.53 Å². The van der Waals surface area contributed by atoms with E-state index in [2.05, 4.69) is 15.5 Å². The third kappa shape index (κ3) is 3.24. The van der Waals surface area contributed by atoms with E-state index in [0.717, 1.165) is 15.7 Å². The Balaban J connectivity index is 1.64. The lowest BCUT2D eigenvalue weighted by atomic mass is 9.54. The van der Waals surface area contributed by atoms with Crippen LogP contribution in [-0.4, -0.2) is 38.9 Å². The minimum absolute atomic E-state index is 0.00780. The maximum absolute atomic E-state index is 12.7. The summed E-state index contributed by atoms with van der Waals surface area (Å²) in [5.41, 5.74) is 5.80. The van der Waals surface area contributed by atoms with Crippen molar-refractivity contribution in [1.29, 1.82) is 0 Å². The first kappa shape index (κ1) is 18.9. The largest absolute Gasteiger partial charge is 0.378 e. The fraction of sp³-hybridized carbons (Fsp3) is 0.500. The molecule has 2 aromatic rings. The molecular weight excluding hydrogens is 350 g/mol. The molecule has 1 saturated carbocycles. The van der Waals surface area contributed by atoms with E-state index < -0.39 is 11.0 Å². The van der Waals surface area contributed by atoms with Crippen molar-refractivity contribution in [1.82, 2.24) is 14.8 Å². The van der Waals surface area contributed by atoms with Crippen LogP contribution in [0.15, 0.2) is 40.6 Å². The third-order valence-corrected chi connectivity index (χ3v) is 6.29. The number of hydrogen-bond acceptors (Lipinski definition) is 6. The first-order chi connectivity index (χ1) is 12.3. The highest BCUT2D eigenvalue weighted by Crippen LogP contribution is 2.50. The van der Waals surface area contributed by atoms with Crippen LogP contribution in [0.3, 0.4) is 0 Å². The van der Waals surface area contributed by atoms with Crippen molar-refractivity contribution in [2.24, 2.45) is 18.2 Å². The van der Waals surface area contributed by atoms with Gasteiger partial charge >= 0.3 is 0 Å². The van der Waals surface area contributed by atoms with E-state index in [4.69, 9.17) is 10.5 Å². The molecule has 0 saturated heterocycles. The van der Waals surface area contributed by atoms with Crippen molar-refractivity contribution in [3.8, 4) is 0 Å². The van der Waals surface area contributed by atoms with Gasteiger partial charge in [-0.25, -0.2) is 0 Å². The molecule has 0 bridgehead atoms. The average molecular weight is 375 g/mol. The Hall–Kier alpha value is -1.90. The second-order valence-electron chi connectivity index (χ2n) is 7.15. The molecule has 26 heavy (non-hydrogen) atoms. The topological polar surface area (TPSA) is 95.1 Å². The molecule has 0 aliphatic heterocycles. The summed E-state index contributed by atoms with van der Waals surface area (Å²) >= 11 is 1.51. The molecule has 1 aromatic carbocycles. The quantitative estimate of drug-likeness (QED) is 0.805. The van der Waals surface area contributed by atoms with Crippen LogP contribution in [0.2, 0.25) is 0 Å². The van der Waals surface area contributed by atoms with E-state index in [0.29, 0.717) is 13.0 Å². The van der Waals surface area contributed by atoms with E-state index in [1.165, 1.54) is 11.8 Å². The molecule has 3 rings (SSSR count). The number of anilines is 1. The van der Waals surface area contributed by atoms with Crippen LogP contribution in [0, 0.1) is 5.41 Å². The summed E-state index contributed by atoms with van der Waals surface area (Å²) < 4.78 is 7.54. The van der Waals surface area contributed by atoms with Gasteiger partial charge in [0.05, 0.1) is 6.10 Å². The Morgan fingerprint density at radius 1 is 1.42 bits per heavy atom. The summed E-state index contributed by atoms with van der Waals surface area (Å²) in [5, 5.41) is 11.7. The van der Waals surface area contributed by atoms with Gasteiger partial charge in [-0.3, -0.25) is 4.79 Å². The average Bonchev–Trinajstić information content (AvgIpc) is 3.01. The van der Waals surface area contributed by atoms with E-state index in [-0.39, 0.29) is 12.0 Å². The predicted octanol–water partition coefficient (Wildman–Crippen LogP) is 2.44.